The Morgan fingerprint density at radius 3 is 2.42 bits per heavy atom. The molecule has 0 aliphatic carbocycles. The van der Waals surface area contributed by atoms with E-state index in [0.717, 1.165) is 16.2 Å². The van der Waals surface area contributed by atoms with Crippen LogP contribution in [0.5, 0.6) is 5.75 Å². The Labute approximate surface area is 118 Å². The summed E-state index contributed by atoms with van der Waals surface area (Å²) in [6, 6.07) is 9.74. The lowest BCUT2D eigenvalue weighted by Gasteiger charge is -2.17. The minimum atomic E-state index is -0.618. The second kappa shape index (κ2) is 5.76. The zero-order valence-corrected chi connectivity index (χ0v) is 12.6. The molecule has 1 unspecified atom stereocenters. The van der Waals surface area contributed by atoms with Crippen LogP contribution in [-0.2, 0) is 0 Å². The largest absolute Gasteiger partial charge is 0.491 e. The Bertz CT molecular complexity index is 538. The van der Waals surface area contributed by atoms with Crippen LogP contribution in [0.4, 0.5) is 0 Å². The molecule has 0 bridgehead atoms. The number of benzene rings is 1. The predicted molar refractivity (Wildman–Crippen MR) is 80.1 cm³/mol. The Morgan fingerprint density at radius 1 is 1.16 bits per heavy atom. The summed E-state index contributed by atoms with van der Waals surface area (Å²) >= 11 is 1.64. The van der Waals surface area contributed by atoms with Crippen LogP contribution in [0.1, 0.15) is 40.8 Å². The van der Waals surface area contributed by atoms with Crippen molar-refractivity contribution in [2.24, 2.45) is 0 Å². The van der Waals surface area contributed by atoms with Crippen molar-refractivity contribution in [1.29, 1.82) is 0 Å². The molecular formula is C16H20O2S. The second-order valence-corrected chi connectivity index (χ2v) is 6.28. The van der Waals surface area contributed by atoms with E-state index in [2.05, 4.69) is 19.9 Å². The molecule has 0 spiro atoms. The molecule has 19 heavy (non-hydrogen) atoms. The monoisotopic (exact) mass is 276 g/mol. The van der Waals surface area contributed by atoms with Crippen molar-refractivity contribution in [3.05, 3.63) is 51.2 Å². The van der Waals surface area contributed by atoms with Gasteiger partial charge in [-0.1, -0.05) is 18.2 Å². The fraction of sp³-hybridized carbons (Fsp3) is 0.375. The van der Waals surface area contributed by atoms with E-state index in [1.165, 1.54) is 10.4 Å². The summed E-state index contributed by atoms with van der Waals surface area (Å²) in [5.41, 5.74) is 2.05. The first-order chi connectivity index (χ1) is 8.99. The topological polar surface area (TPSA) is 29.5 Å². The minimum Gasteiger partial charge on any atom is -0.491 e. The first-order valence-corrected chi connectivity index (χ1v) is 7.31. The molecule has 0 amide bonds. The summed E-state index contributed by atoms with van der Waals surface area (Å²) in [5.74, 6) is 0.758. The molecule has 0 saturated heterocycles. The standard InChI is InChI=1S/C16H20O2S/c1-10(2)18-14-8-6-5-7-13(14)16(17)15-9-11(3)12(4)19-15/h5-10,16-17H,1-4H3. The molecule has 0 fully saturated rings. The van der Waals surface area contributed by atoms with Crippen molar-refractivity contribution in [1.82, 2.24) is 0 Å². The Kier molecular flexibility index (Phi) is 4.27. The minimum absolute atomic E-state index is 0.0974. The maximum absolute atomic E-state index is 10.6. The summed E-state index contributed by atoms with van der Waals surface area (Å²) < 4.78 is 5.77. The van der Waals surface area contributed by atoms with E-state index in [1.807, 2.05) is 38.1 Å². The van der Waals surface area contributed by atoms with Gasteiger partial charge >= 0.3 is 0 Å². The van der Waals surface area contributed by atoms with Gasteiger partial charge in [0.15, 0.2) is 0 Å². The Balaban J connectivity index is 2.35. The Hall–Kier alpha value is -1.32. The van der Waals surface area contributed by atoms with Crippen LogP contribution in [0.3, 0.4) is 0 Å². The molecule has 1 heterocycles. The van der Waals surface area contributed by atoms with Gasteiger partial charge < -0.3 is 9.84 Å². The number of ether oxygens (including phenoxy) is 1. The third-order valence-corrected chi connectivity index (χ3v) is 4.24. The van der Waals surface area contributed by atoms with Crippen molar-refractivity contribution in [3.63, 3.8) is 0 Å². The summed E-state index contributed by atoms with van der Waals surface area (Å²) in [4.78, 5) is 2.21. The van der Waals surface area contributed by atoms with Crippen LogP contribution < -0.4 is 4.74 Å². The van der Waals surface area contributed by atoms with Gasteiger partial charge in [0.1, 0.15) is 11.9 Å². The van der Waals surface area contributed by atoms with Gasteiger partial charge in [0.2, 0.25) is 0 Å². The molecule has 2 nitrogen and oxygen atoms in total. The molecule has 3 heteroatoms. The van der Waals surface area contributed by atoms with E-state index in [0.29, 0.717) is 0 Å². The highest BCUT2D eigenvalue weighted by molar-refractivity contribution is 7.12. The molecule has 1 aromatic heterocycles. The van der Waals surface area contributed by atoms with Crippen LogP contribution in [0.15, 0.2) is 30.3 Å². The lowest BCUT2D eigenvalue weighted by atomic mass is 10.1. The van der Waals surface area contributed by atoms with Crippen molar-refractivity contribution >= 4 is 11.3 Å². The number of aliphatic hydroxyl groups excluding tert-OH is 1. The SMILES string of the molecule is Cc1cc(C(O)c2ccccc2OC(C)C)sc1C. The maximum atomic E-state index is 10.6. The fourth-order valence-electron chi connectivity index (χ4n) is 1.96. The zero-order valence-electron chi connectivity index (χ0n) is 11.8. The molecule has 1 N–H and O–H groups in total. The van der Waals surface area contributed by atoms with Gasteiger partial charge in [-0.3, -0.25) is 0 Å². The first-order valence-electron chi connectivity index (χ1n) is 6.49. The van der Waals surface area contributed by atoms with E-state index in [1.54, 1.807) is 11.3 Å². The molecule has 0 aliphatic rings. The lowest BCUT2D eigenvalue weighted by molar-refractivity contribution is 0.200. The smallest absolute Gasteiger partial charge is 0.125 e. The van der Waals surface area contributed by atoms with E-state index in [4.69, 9.17) is 4.74 Å². The van der Waals surface area contributed by atoms with E-state index in [-0.39, 0.29) is 6.10 Å². The van der Waals surface area contributed by atoms with Gasteiger partial charge in [0.05, 0.1) is 6.10 Å². The van der Waals surface area contributed by atoms with Crippen LogP contribution in [0.25, 0.3) is 0 Å². The average Bonchev–Trinajstić information content (AvgIpc) is 2.69. The van der Waals surface area contributed by atoms with Gasteiger partial charge in [-0.15, -0.1) is 11.3 Å². The van der Waals surface area contributed by atoms with Gasteiger partial charge in [-0.2, -0.15) is 0 Å². The molecular weight excluding hydrogens is 256 g/mol. The number of aryl methyl sites for hydroxylation is 2. The molecule has 2 aromatic rings. The molecule has 2 rings (SSSR count). The number of thiophene rings is 1. The normalized spacial score (nSPS) is 12.7. The third-order valence-electron chi connectivity index (χ3n) is 3.03. The highest BCUT2D eigenvalue weighted by atomic mass is 32.1. The number of hydrogen-bond acceptors (Lipinski definition) is 3. The van der Waals surface area contributed by atoms with E-state index < -0.39 is 6.10 Å². The number of aliphatic hydroxyl groups is 1. The summed E-state index contributed by atoms with van der Waals surface area (Å²) in [5, 5.41) is 10.6. The molecule has 102 valence electrons. The van der Waals surface area contributed by atoms with Crippen molar-refractivity contribution in [2.45, 2.75) is 39.9 Å². The molecule has 1 aromatic carbocycles. The Morgan fingerprint density at radius 2 is 1.84 bits per heavy atom. The predicted octanol–water partition coefficient (Wildman–Crippen LogP) is 4.23. The first kappa shape index (κ1) is 14.1. The third kappa shape index (κ3) is 3.17. The molecule has 1 atom stereocenters. The van der Waals surface area contributed by atoms with Crippen molar-refractivity contribution < 1.29 is 9.84 Å². The maximum Gasteiger partial charge on any atom is 0.125 e. The highest BCUT2D eigenvalue weighted by Gasteiger charge is 2.18. The van der Waals surface area contributed by atoms with Crippen LogP contribution in [-0.4, -0.2) is 11.2 Å². The van der Waals surface area contributed by atoms with Crippen LogP contribution in [0.2, 0.25) is 0 Å². The summed E-state index contributed by atoms with van der Waals surface area (Å²) in [7, 11) is 0. The van der Waals surface area contributed by atoms with Crippen LogP contribution >= 0.6 is 11.3 Å². The lowest BCUT2D eigenvalue weighted by Crippen LogP contribution is -2.09. The van der Waals surface area contributed by atoms with E-state index in [9.17, 15) is 5.11 Å². The number of hydrogen-bond donors (Lipinski definition) is 1. The van der Waals surface area contributed by atoms with E-state index >= 15 is 0 Å². The van der Waals surface area contributed by atoms with Gasteiger partial charge in [-0.05, 0) is 45.4 Å². The second-order valence-electron chi connectivity index (χ2n) is 4.99. The van der Waals surface area contributed by atoms with Crippen molar-refractivity contribution in [3.8, 4) is 5.75 Å². The van der Waals surface area contributed by atoms with Gasteiger partial charge in [0.25, 0.3) is 0 Å². The quantitative estimate of drug-likeness (QED) is 0.905. The van der Waals surface area contributed by atoms with Crippen LogP contribution in [0, 0.1) is 13.8 Å². The summed E-state index contributed by atoms with van der Waals surface area (Å²) in [6.07, 6.45) is -0.521. The molecule has 0 radical (unpaired) electrons. The average molecular weight is 276 g/mol. The zero-order chi connectivity index (χ0) is 14.0. The number of rotatable bonds is 4. The van der Waals surface area contributed by atoms with Crippen molar-refractivity contribution in [2.75, 3.05) is 0 Å². The fourth-order valence-corrected chi connectivity index (χ4v) is 3.01. The number of para-hydroxylation sites is 1. The highest BCUT2D eigenvalue weighted by Crippen LogP contribution is 2.35. The summed E-state index contributed by atoms with van der Waals surface area (Å²) in [6.45, 7) is 8.12. The van der Waals surface area contributed by atoms with Gasteiger partial charge in [0, 0.05) is 15.3 Å². The molecule has 0 aliphatic heterocycles. The molecule has 0 saturated carbocycles. The van der Waals surface area contributed by atoms with Gasteiger partial charge in [-0.25, -0.2) is 0 Å².